The molecule has 2 heterocycles. The third-order valence-corrected chi connectivity index (χ3v) is 3.84. The zero-order valence-electron chi connectivity index (χ0n) is 12.5. The highest BCUT2D eigenvalue weighted by atomic mass is 15.2. The highest BCUT2D eigenvalue weighted by molar-refractivity contribution is 5.47. The van der Waals surface area contributed by atoms with Crippen LogP contribution >= 0.6 is 0 Å². The lowest BCUT2D eigenvalue weighted by atomic mass is 10.0. The predicted octanol–water partition coefficient (Wildman–Crippen LogP) is 3.21. The lowest BCUT2D eigenvalue weighted by Crippen LogP contribution is -2.23. The molecule has 1 aliphatic rings. The van der Waals surface area contributed by atoms with E-state index in [4.69, 9.17) is 0 Å². The molecule has 1 aromatic heterocycles. The molecule has 1 fully saturated rings. The fraction of sp³-hybridized carbons (Fsp3) is 0.688. The molecule has 0 spiro atoms. The molecule has 19 heavy (non-hydrogen) atoms. The molecule has 0 saturated carbocycles. The number of pyridine rings is 1. The molecule has 1 N–H and O–H groups in total. The van der Waals surface area contributed by atoms with Crippen LogP contribution in [0, 0.1) is 5.92 Å². The third kappa shape index (κ3) is 4.20. The van der Waals surface area contributed by atoms with Crippen molar-refractivity contribution < 1.29 is 0 Å². The van der Waals surface area contributed by atoms with Crippen molar-refractivity contribution in [1.82, 2.24) is 10.3 Å². The summed E-state index contributed by atoms with van der Waals surface area (Å²) in [6, 6.07) is 4.89. The van der Waals surface area contributed by atoms with Gasteiger partial charge in [-0.3, -0.25) is 4.98 Å². The first-order valence-electron chi connectivity index (χ1n) is 7.62. The van der Waals surface area contributed by atoms with Crippen LogP contribution in [0.4, 0.5) is 5.69 Å². The Hall–Kier alpha value is -1.09. The molecule has 3 heteroatoms. The van der Waals surface area contributed by atoms with E-state index < -0.39 is 0 Å². The number of rotatable bonds is 6. The number of hydrogen-bond donors (Lipinski definition) is 1. The molecule has 1 saturated heterocycles. The zero-order valence-corrected chi connectivity index (χ0v) is 12.5. The van der Waals surface area contributed by atoms with Crippen molar-refractivity contribution in [3.05, 3.63) is 24.0 Å². The number of hydrogen-bond acceptors (Lipinski definition) is 3. The normalized spacial score (nSPS) is 19.4. The Balaban J connectivity index is 1.95. The SMILES string of the molecule is CCCC1CCN(c2ccnc(CNC(C)C)c2)C1. The van der Waals surface area contributed by atoms with Gasteiger partial charge in [0, 0.05) is 37.6 Å². The summed E-state index contributed by atoms with van der Waals surface area (Å²) in [7, 11) is 0. The van der Waals surface area contributed by atoms with E-state index in [0.29, 0.717) is 6.04 Å². The molecule has 0 bridgehead atoms. The second kappa shape index (κ2) is 6.90. The summed E-state index contributed by atoms with van der Waals surface area (Å²) in [5.74, 6) is 0.885. The molecule has 0 aliphatic carbocycles. The van der Waals surface area contributed by atoms with Crippen molar-refractivity contribution in [3.63, 3.8) is 0 Å². The van der Waals surface area contributed by atoms with Gasteiger partial charge in [0.25, 0.3) is 0 Å². The van der Waals surface area contributed by atoms with Gasteiger partial charge in [-0.1, -0.05) is 27.2 Å². The van der Waals surface area contributed by atoms with E-state index in [9.17, 15) is 0 Å². The fourth-order valence-electron chi connectivity index (χ4n) is 2.78. The third-order valence-electron chi connectivity index (χ3n) is 3.84. The molecular weight excluding hydrogens is 234 g/mol. The summed E-state index contributed by atoms with van der Waals surface area (Å²) in [4.78, 5) is 6.96. The van der Waals surface area contributed by atoms with Crippen LogP contribution in [0.1, 0.15) is 45.7 Å². The lowest BCUT2D eigenvalue weighted by Gasteiger charge is -2.19. The van der Waals surface area contributed by atoms with Gasteiger partial charge in [0.2, 0.25) is 0 Å². The van der Waals surface area contributed by atoms with Crippen molar-refractivity contribution in [1.29, 1.82) is 0 Å². The maximum absolute atomic E-state index is 4.45. The molecule has 106 valence electrons. The number of nitrogens with zero attached hydrogens (tertiary/aromatic N) is 2. The Morgan fingerprint density at radius 2 is 2.32 bits per heavy atom. The van der Waals surface area contributed by atoms with Gasteiger partial charge in [0.15, 0.2) is 0 Å². The molecule has 1 aromatic rings. The first-order chi connectivity index (χ1) is 9.19. The fourth-order valence-corrected chi connectivity index (χ4v) is 2.78. The zero-order chi connectivity index (χ0) is 13.7. The molecule has 1 unspecified atom stereocenters. The van der Waals surface area contributed by atoms with Crippen LogP contribution in [0.2, 0.25) is 0 Å². The van der Waals surface area contributed by atoms with Crippen LogP contribution in [-0.2, 0) is 6.54 Å². The van der Waals surface area contributed by atoms with Gasteiger partial charge in [-0.2, -0.15) is 0 Å². The summed E-state index contributed by atoms with van der Waals surface area (Å²) in [6.45, 7) is 9.89. The minimum atomic E-state index is 0.506. The standard InChI is InChI=1S/C16H27N3/c1-4-5-14-7-9-19(12-14)16-6-8-17-15(10-16)11-18-13(2)3/h6,8,10,13-14,18H,4-5,7,9,11-12H2,1-3H3. The van der Waals surface area contributed by atoms with Gasteiger partial charge >= 0.3 is 0 Å². The molecule has 0 amide bonds. The maximum Gasteiger partial charge on any atom is 0.0562 e. The van der Waals surface area contributed by atoms with E-state index in [1.807, 2.05) is 6.20 Å². The van der Waals surface area contributed by atoms with Gasteiger partial charge < -0.3 is 10.2 Å². The topological polar surface area (TPSA) is 28.2 Å². The van der Waals surface area contributed by atoms with Crippen molar-refractivity contribution in [2.24, 2.45) is 5.92 Å². The van der Waals surface area contributed by atoms with Crippen LogP contribution < -0.4 is 10.2 Å². The van der Waals surface area contributed by atoms with Crippen LogP contribution in [0.15, 0.2) is 18.3 Å². The van der Waals surface area contributed by atoms with Crippen molar-refractivity contribution in [2.45, 2.75) is 52.6 Å². The maximum atomic E-state index is 4.45. The van der Waals surface area contributed by atoms with Crippen LogP contribution in [-0.4, -0.2) is 24.1 Å². The van der Waals surface area contributed by atoms with Crippen LogP contribution in [0.25, 0.3) is 0 Å². The molecule has 3 nitrogen and oxygen atoms in total. The molecule has 0 aromatic carbocycles. The van der Waals surface area contributed by atoms with E-state index in [0.717, 1.165) is 18.2 Å². The van der Waals surface area contributed by atoms with E-state index in [2.05, 4.69) is 48.1 Å². The Labute approximate surface area is 117 Å². The van der Waals surface area contributed by atoms with Gasteiger partial charge in [-0.25, -0.2) is 0 Å². The van der Waals surface area contributed by atoms with Gasteiger partial charge in [-0.15, -0.1) is 0 Å². The highest BCUT2D eigenvalue weighted by Gasteiger charge is 2.21. The molecule has 2 rings (SSSR count). The Bertz CT molecular complexity index is 389. The van der Waals surface area contributed by atoms with E-state index in [-0.39, 0.29) is 0 Å². The molecule has 1 atom stereocenters. The Morgan fingerprint density at radius 1 is 1.47 bits per heavy atom. The minimum Gasteiger partial charge on any atom is -0.371 e. The number of aromatic nitrogens is 1. The largest absolute Gasteiger partial charge is 0.371 e. The summed E-state index contributed by atoms with van der Waals surface area (Å²) in [5.41, 5.74) is 2.49. The van der Waals surface area contributed by atoms with Crippen molar-refractivity contribution in [2.75, 3.05) is 18.0 Å². The lowest BCUT2D eigenvalue weighted by molar-refractivity contribution is 0.530. The summed E-state index contributed by atoms with van der Waals surface area (Å²) in [5, 5.41) is 3.43. The van der Waals surface area contributed by atoms with E-state index in [1.165, 1.54) is 38.0 Å². The van der Waals surface area contributed by atoms with E-state index >= 15 is 0 Å². The van der Waals surface area contributed by atoms with Crippen LogP contribution in [0.5, 0.6) is 0 Å². The van der Waals surface area contributed by atoms with Gasteiger partial charge in [-0.05, 0) is 30.9 Å². The quantitative estimate of drug-likeness (QED) is 0.852. The predicted molar refractivity (Wildman–Crippen MR) is 81.4 cm³/mol. The number of anilines is 1. The second-order valence-electron chi connectivity index (χ2n) is 5.93. The first kappa shape index (κ1) is 14.3. The van der Waals surface area contributed by atoms with Crippen molar-refractivity contribution >= 4 is 5.69 Å². The number of nitrogens with one attached hydrogen (secondary N) is 1. The van der Waals surface area contributed by atoms with Crippen molar-refractivity contribution in [3.8, 4) is 0 Å². The summed E-state index contributed by atoms with van der Waals surface area (Å²) in [6.07, 6.45) is 5.96. The van der Waals surface area contributed by atoms with Crippen LogP contribution in [0.3, 0.4) is 0 Å². The monoisotopic (exact) mass is 261 g/mol. The smallest absolute Gasteiger partial charge is 0.0562 e. The molecular formula is C16H27N3. The average molecular weight is 261 g/mol. The van der Waals surface area contributed by atoms with Gasteiger partial charge in [0.1, 0.15) is 0 Å². The summed E-state index contributed by atoms with van der Waals surface area (Å²) >= 11 is 0. The minimum absolute atomic E-state index is 0.506. The molecule has 1 aliphatic heterocycles. The first-order valence-corrected chi connectivity index (χ1v) is 7.62. The molecule has 0 radical (unpaired) electrons. The average Bonchev–Trinajstić information content (AvgIpc) is 2.86. The Morgan fingerprint density at radius 3 is 3.05 bits per heavy atom. The van der Waals surface area contributed by atoms with Gasteiger partial charge in [0.05, 0.1) is 5.69 Å². The van der Waals surface area contributed by atoms with E-state index in [1.54, 1.807) is 0 Å². The summed E-state index contributed by atoms with van der Waals surface area (Å²) < 4.78 is 0. The highest BCUT2D eigenvalue weighted by Crippen LogP contribution is 2.26. The Kier molecular flexibility index (Phi) is 5.20. The second-order valence-corrected chi connectivity index (χ2v) is 5.93.